The lowest BCUT2D eigenvalue weighted by atomic mass is 9.54. The van der Waals surface area contributed by atoms with Gasteiger partial charge >= 0.3 is 0 Å². The fourth-order valence-corrected chi connectivity index (χ4v) is 5.14. The fraction of sp³-hybridized carbons (Fsp3) is 0.650. The first kappa shape index (κ1) is 15.9. The van der Waals surface area contributed by atoms with E-state index in [0.29, 0.717) is 23.5 Å². The van der Waals surface area contributed by atoms with E-state index >= 15 is 0 Å². The van der Waals surface area contributed by atoms with Gasteiger partial charge in [-0.25, -0.2) is 0 Å². The molecule has 1 spiro atoms. The maximum atomic E-state index is 6.08. The minimum atomic E-state index is 0.364. The molecular weight excluding hydrogens is 298 g/mol. The smallest absolute Gasteiger partial charge is 0.191 e. The number of guanidine groups is 1. The zero-order valence-electron chi connectivity index (χ0n) is 14.8. The Kier molecular flexibility index (Phi) is 4.25. The van der Waals surface area contributed by atoms with Crippen LogP contribution in [-0.4, -0.2) is 31.8 Å². The minimum absolute atomic E-state index is 0.364. The van der Waals surface area contributed by atoms with Gasteiger partial charge in [0.05, 0.1) is 6.10 Å². The van der Waals surface area contributed by atoms with Crippen LogP contribution in [0.3, 0.4) is 0 Å². The first-order chi connectivity index (χ1) is 11.7. The number of aliphatic imine (C=N–C) groups is 1. The highest BCUT2D eigenvalue weighted by molar-refractivity contribution is 5.80. The molecule has 3 atom stereocenters. The molecule has 0 amide bonds. The number of ether oxygens (including phenoxy) is 1. The second-order valence-electron chi connectivity index (χ2n) is 7.72. The molecule has 2 aliphatic carbocycles. The molecule has 0 aromatic heterocycles. The Morgan fingerprint density at radius 1 is 1.25 bits per heavy atom. The minimum Gasteiger partial charge on any atom is -0.377 e. The Morgan fingerprint density at radius 2 is 2.00 bits per heavy atom. The molecule has 3 aliphatic rings. The van der Waals surface area contributed by atoms with E-state index in [9.17, 15) is 0 Å². The highest BCUT2D eigenvalue weighted by Gasteiger charge is 2.65. The summed E-state index contributed by atoms with van der Waals surface area (Å²) in [6.45, 7) is 3.87. The molecule has 24 heavy (non-hydrogen) atoms. The second kappa shape index (κ2) is 6.40. The van der Waals surface area contributed by atoms with Crippen molar-refractivity contribution in [1.29, 1.82) is 0 Å². The lowest BCUT2D eigenvalue weighted by Gasteiger charge is -2.57. The summed E-state index contributed by atoms with van der Waals surface area (Å²) < 4.78 is 6.08. The van der Waals surface area contributed by atoms with E-state index in [1.807, 2.05) is 7.05 Å². The van der Waals surface area contributed by atoms with Crippen LogP contribution in [0, 0.1) is 18.3 Å². The van der Waals surface area contributed by atoms with Crippen LogP contribution in [0.1, 0.15) is 43.2 Å². The Labute approximate surface area is 145 Å². The van der Waals surface area contributed by atoms with Gasteiger partial charge in [-0.1, -0.05) is 42.7 Å². The molecule has 0 radical (unpaired) electrons. The van der Waals surface area contributed by atoms with Gasteiger partial charge in [-0.3, -0.25) is 4.99 Å². The lowest BCUT2D eigenvalue weighted by molar-refractivity contribution is -0.125. The standard InChI is InChI=1S/C20H29N3O/c1-14-5-7-15(8-6-14)13-22-19(21-2)23-17-16-9-12-24-18(16)20(17)10-3-4-11-20/h5-8,16-18H,3-4,9-13H2,1-2H3,(H2,21,22,23). The Bertz CT molecular complexity index is 604. The number of fused-ring (bicyclic) bond motifs is 2. The molecule has 1 aromatic rings. The fourth-order valence-electron chi connectivity index (χ4n) is 5.14. The molecule has 1 heterocycles. The van der Waals surface area contributed by atoms with Crippen LogP contribution in [-0.2, 0) is 11.3 Å². The summed E-state index contributed by atoms with van der Waals surface area (Å²) in [7, 11) is 1.87. The van der Waals surface area contributed by atoms with Crippen molar-refractivity contribution in [2.24, 2.45) is 16.3 Å². The van der Waals surface area contributed by atoms with Gasteiger partial charge in [0.2, 0.25) is 0 Å². The third-order valence-corrected chi connectivity index (χ3v) is 6.38. The van der Waals surface area contributed by atoms with E-state index in [1.165, 1.54) is 43.2 Å². The third-order valence-electron chi connectivity index (χ3n) is 6.38. The van der Waals surface area contributed by atoms with Crippen molar-refractivity contribution in [2.75, 3.05) is 13.7 Å². The van der Waals surface area contributed by atoms with Gasteiger partial charge in [0.1, 0.15) is 0 Å². The highest BCUT2D eigenvalue weighted by atomic mass is 16.5. The SMILES string of the molecule is CN=C(NCc1ccc(C)cc1)NC1C2CCOC2C12CCCC2. The van der Waals surface area contributed by atoms with Crippen LogP contribution >= 0.6 is 0 Å². The Morgan fingerprint density at radius 3 is 2.71 bits per heavy atom. The monoisotopic (exact) mass is 327 g/mol. The zero-order chi connectivity index (χ0) is 16.6. The van der Waals surface area contributed by atoms with E-state index < -0.39 is 0 Å². The van der Waals surface area contributed by atoms with Crippen molar-refractivity contribution in [1.82, 2.24) is 10.6 Å². The largest absolute Gasteiger partial charge is 0.377 e. The summed E-state index contributed by atoms with van der Waals surface area (Å²) >= 11 is 0. The summed E-state index contributed by atoms with van der Waals surface area (Å²) in [6, 6.07) is 9.20. The van der Waals surface area contributed by atoms with Crippen LogP contribution in [0.15, 0.2) is 29.3 Å². The molecule has 1 aromatic carbocycles. The van der Waals surface area contributed by atoms with Gasteiger partial charge in [-0.05, 0) is 31.7 Å². The molecule has 4 heteroatoms. The molecular formula is C20H29N3O. The Hall–Kier alpha value is -1.55. The summed E-state index contributed by atoms with van der Waals surface area (Å²) in [5, 5.41) is 7.24. The van der Waals surface area contributed by atoms with Crippen LogP contribution in [0.5, 0.6) is 0 Å². The number of hydrogen-bond donors (Lipinski definition) is 2. The third kappa shape index (κ3) is 2.61. The second-order valence-corrected chi connectivity index (χ2v) is 7.72. The van der Waals surface area contributed by atoms with Crippen molar-refractivity contribution in [3.8, 4) is 0 Å². The topological polar surface area (TPSA) is 45.7 Å². The van der Waals surface area contributed by atoms with Gasteiger partial charge in [0, 0.05) is 37.6 Å². The number of nitrogens with one attached hydrogen (secondary N) is 2. The van der Waals surface area contributed by atoms with Gasteiger partial charge in [0.15, 0.2) is 5.96 Å². The molecule has 130 valence electrons. The number of aryl methyl sites for hydroxylation is 1. The van der Waals surface area contributed by atoms with Gasteiger partial charge in [-0.2, -0.15) is 0 Å². The number of nitrogens with zero attached hydrogens (tertiary/aromatic N) is 1. The highest BCUT2D eigenvalue weighted by Crippen LogP contribution is 2.60. The van der Waals surface area contributed by atoms with Crippen LogP contribution in [0.25, 0.3) is 0 Å². The molecule has 4 rings (SSSR count). The summed E-state index contributed by atoms with van der Waals surface area (Å²) in [6.07, 6.45) is 6.99. The quantitative estimate of drug-likeness (QED) is 0.663. The van der Waals surface area contributed by atoms with Crippen LogP contribution in [0.4, 0.5) is 0 Å². The van der Waals surface area contributed by atoms with Gasteiger partial charge in [-0.15, -0.1) is 0 Å². The van der Waals surface area contributed by atoms with E-state index in [4.69, 9.17) is 4.74 Å². The average Bonchev–Trinajstić information content (AvgIpc) is 3.25. The molecule has 1 aliphatic heterocycles. The maximum Gasteiger partial charge on any atom is 0.191 e. The van der Waals surface area contributed by atoms with Crippen LogP contribution < -0.4 is 10.6 Å². The lowest BCUT2D eigenvalue weighted by Crippen LogP contribution is -2.69. The van der Waals surface area contributed by atoms with Crippen molar-refractivity contribution >= 4 is 5.96 Å². The van der Waals surface area contributed by atoms with Crippen molar-refractivity contribution < 1.29 is 4.74 Å². The maximum absolute atomic E-state index is 6.08. The van der Waals surface area contributed by atoms with Crippen molar-refractivity contribution in [3.05, 3.63) is 35.4 Å². The average molecular weight is 327 g/mol. The first-order valence-corrected chi connectivity index (χ1v) is 9.37. The van der Waals surface area contributed by atoms with E-state index in [1.54, 1.807) is 0 Å². The summed E-state index contributed by atoms with van der Waals surface area (Å²) in [5.41, 5.74) is 2.95. The Balaban J connectivity index is 1.40. The van der Waals surface area contributed by atoms with Gasteiger partial charge < -0.3 is 15.4 Å². The number of rotatable bonds is 3. The molecule has 4 nitrogen and oxygen atoms in total. The van der Waals surface area contributed by atoms with Gasteiger partial charge in [0.25, 0.3) is 0 Å². The number of benzene rings is 1. The normalized spacial score (nSPS) is 30.9. The molecule has 1 saturated heterocycles. The van der Waals surface area contributed by atoms with E-state index in [-0.39, 0.29) is 0 Å². The molecule has 3 fully saturated rings. The van der Waals surface area contributed by atoms with Crippen molar-refractivity contribution in [3.63, 3.8) is 0 Å². The predicted molar refractivity (Wildman–Crippen MR) is 97.0 cm³/mol. The molecule has 0 bridgehead atoms. The summed E-state index contributed by atoms with van der Waals surface area (Å²) in [5.74, 6) is 1.60. The predicted octanol–water partition coefficient (Wildman–Crippen LogP) is 3.01. The van der Waals surface area contributed by atoms with E-state index in [0.717, 1.165) is 19.1 Å². The molecule has 2 N–H and O–H groups in total. The molecule has 3 unspecified atom stereocenters. The van der Waals surface area contributed by atoms with E-state index in [2.05, 4.69) is 46.8 Å². The summed E-state index contributed by atoms with van der Waals surface area (Å²) in [4.78, 5) is 4.46. The molecule has 2 saturated carbocycles. The number of hydrogen-bond acceptors (Lipinski definition) is 2. The van der Waals surface area contributed by atoms with Crippen LogP contribution in [0.2, 0.25) is 0 Å². The first-order valence-electron chi connectivity index (χ1n) is 9.37. The zero-order valence-corrected chi connectivity index (χ0v) is 14.8. The van der Waals surface area contributed by atoms with Crippen molar-refractivity contribution in [2.45, 2.75) is 57.7 Å².